The average Bonchev–Trinajstić information content (AvgIpc) is 2.64. The zero-order chi connectivity index (χ0) is 20.7. The maximum Gasteiger partial charge on any atom is 0.251 e. The quantitative estimate of drug-likeness (QED) is 0.680. The Kier molecular flexibility index (Phi) is 7.20. The summed E-state index contributed by atoms with van der Waals surface area (Å²) in [5.74, 6) is -3.17. The molecule has 2 aromatic rings. The molecule has 0 atom stereocenters. The van der Waals surface area contributed by atoms with E-state index in [0.29, 0.717) is 11.8 Å². The van der Waals surface area contributed by atoms with Crippen LogP contribution in [0.4, 0.5) is 14.5 Å². The van der Waals surface area contributed by atoms with Crippen LogP contribution in [0.1, 0.15) is 29.8 Å². The van der Waals surface area contributed by atoms with Crippen LogP contribution in [0.2, 0.25) is 0 Å². The molecule has 2 aromatic carbocycles. The highest BCUT2D eigenvalue weighted by molar-refractivity contribution is 5.96. The van der Waals surface area contributed by atoms with Crippen LogP contribution < -0.4 is 16.0 Å². The molecule has 3 N–H and O–H groups in total. The second-order valence-corrected chi connectivity index (χ2v) is 6.46. The summed E-state index contributed by atoms with van der Waals surface area (Å²) in [6, 6.07) is 9.38. The molecule has 3 amide bonds. The van der Waals surface area contributed by atoms with E-state index in [1.54, 1.807) is 38.1 Å². The predicted octanol–water partition coefficient (Wildman–Crippen LogP) is 2.61. The fraction of sp³-hybridized carbons (Fsp3) is 0.250. The van der Waals surface area contributed by atoms with Crippen LogP contribution in [0.15, 0.2) is 42.5 Å². The van der Waals surface area contributed by atoms with Gasteiger partial charge in [0.1, 0.15) is 11.6 Å². The average molecular weight is 389 g/mol. The molecule has 6 nitrogen and oxygen atoms in total. The zero-order valence-electron chi connectivity index (χ0n) is 15.5. The van der Waals surface area contributed by atoms with Crippen molar-refractivity contribution in [3.8, 4) is 0 Å². The van der Waals surface area contributed by atoms with Gasteiger partial charge in [0.2, 0.25) is 11.8 Å². The molecule has 0 spiro atoms. The summed E-state index contributed by atoms with van der Waals surface area (Å²) in [4.78, 5) is 35.3. The zero-order valence-corrected chi connectivity index (χ0v) is 15.5. The summed E-state index contributed by atoms with van der Waals surface area (Å²) >= 11 is 0. The van der Waals surface area contributed by atoms with Crippen molar-refractivity contribution < 1.29 is 23.2 Å². The Balaban J connectivity index is 1.79. The maximum atomic E-state index is 13.1. The molecule has 0 unspecified atom stereocenters. The van der Waals surface area contributed by atoms with Crippen LogP contribution >= 0.6 is 0 Å². The fourth-order valence-corrected chi connectivity index (χ4v) is 2.20. The Hall–Kier alpha value is -3.29. The highest BCUT2D eigenvalue weighted by atomic mass is 19.1. The van der Waals surface area contributed by atoms with Crippen LogP contribution in [0.25, 0.3) is 0 Å². The summed E-state index contributed by atoms with van der Waals surface area (Å²) < 4.78 is 26.2. The van der Waals surface area contributed by atoms with Crippen LogP contribution in [0, 0.1) is 17.6 Å². The van der Waals surface area contributed by atoms with Gasteiger partial charge in [-0.1, -0.05) is 26.0 Å². The predicted molar refractivity (Wildman–Crippen MR) is 100 cm³/mol. The lowest BCUT2D eigenvalue weighted by Gasteiger charge is -2.10. The standard InChI is InChI=1S/C20H21F2N3O3/c1-12(2)19(27)25-17-5-3-13(4-6-17)10-23-18(26)11-24-20(28)14-7-15(21)9-16(22)8-14/h3-9,12H,10-11H2,1-2H3,(H,23,26)(H,24,28)(H,25,27). The molecule has 0 bridgehead atoms. The van der Waals surface area contributed by atoms with Gasteiger partial charge >= 0.3 is 0 Å². The van der Waals surface area contributed by atoms with E-state index in [2.05, 4.69) is 16.0 Å². The molecule has 0 fully saturated rings. The van der Waals surface area contributed by atoms with Crippen LogP contribution in [0.5, 0.6) is 0 Å². The Morgan fingerprint density at radius 3 is 2.11 bits per heavy atom. The molecule has 0 aromatic heterocycles. The van der Waals surface area contributed by atoms with Gasteiger partial charge in [-0.2, -0.15) is 0 Å². The minimum Gasteiger partial charge on any atom is -0.350 e. The lowest BCUT2D eigenvalue weighted by Crippen LogP contribution is -2.36. The van der Waals surface area contributed by atoms with E-state index in [-0.39, 0.29) is 30.5 Å². The third-order valence-corrected chi connectivity index (χ3v) is 3.77. The smallest absolute Gasteiger partial charge is 0.251 e. The number of benzene rings is 2. The molecule has 148 valence electrons. The van der Waals surface area contributed by atoms with E-state index in [4.69, 9.17) is 0 Å². The molecule has 0 aliphatic carbocycles. The number of carbonyl (C=O) groups excluding carboxylic acids is 3. The normalized spacial score (nSPS) is 10.5. The Morgan fingerprint density at radius 2 is 1.54 bits per heavy atom. The highest BCUT2D eigenvalue weighted by Gasteiger charge is 2.11. The van der Waals surface area contributed by atoms with Crippen molar-refractivity contribution in [2.45, 2.75) is 20.4 Å². The molecule has 0 heterocycles. The summed E-state index contributed by atoms with van der Waals surface area (Å²) in [5.41, 5.74) is 1.25. The van der Waals surface area contributed by atoms with Crippen LogP contribution in [-0.4, -0.2) is 24.3 Å². The third-order valence-electron chi connectivity index (χ3n) is 3.77. The van der Waals surface area contributed by atoms with Crippen molar-refractivity contribution in [2.75, 3.05) is 11.9 Å². The van der Waals surface area contributed by atoms with Gasteiger partial charge < -0.3 is 16.0 Å². The number of nitrogens with one attached hydrogen (secondary N) is 3. The molecule has 2 rings (SSSR count). The number of hydrogen-bond donors (Lipinski definition) is 3. The molecule has 8 heteroatoms. The van der Waals surface area contributed by atoms with E-state index in [0.717, 1.165) is 17.7 Å². The monoisotopic (exact) mass is 389 g/mol. The number of anilines is 1. The first-order valence-electron chi connectivity index (χ1n) is 8.65. The molecule has 0 aliphatic rings. The van der Waals surface area contributed by atoms with Crippen LogP contribution in [0.3, 0.4) is 0 Å². The first-order valence-corrected chi connectivity index (χ1v) is 8.65. The summed E-state index contributed by atoms with van der Waals surface area (Å²) in [6.45, 7) is 3.48. The van der Waals surface area contributed by atoms with E-state index in [9.17, 15) is 23.2 Å². The minimum absolute atomic E-state index is 0.0880. The van der Waals surface area contributed by atoms with Gasteiger partial charge in [-0.05, 0) is 29.8 Å². The van der Waals surface area contributed by atoms with Crippen molar-refractivity contribution in [1.82, 2.24) is 10.6 Å². The molecule has 0 radical (unpaired) electrons. The Bertz CT molecular complexity index is 847. The second kappa shape index (κ2) is 9.59. The molecular weight excluding hydrogens is 368 g/mol. The number of carbonyl (C=O) groups is 3. The second-order valence-electron chi connectivity index (χ2n) is 6.46. The van der Waals surface area contributed by atoms with E-state index >= 15 is 0 Å². The lowest BCUT2D eigenvalue weighted by atomic mass is 10.1. The van der Waals surface area contributed by atoms with E-state index in [1.807, 2.05) is 0 Å². The maximum absolute atomic E-state index is 13.1. The van der Waals surface area contributed by atoms with E-state index < -0.39 is 23.4 Å². The van der Waals surface area contributed by atoms with Crippen molar-refractivity contribution in [3.05, 3.63) is 65.2 Å². The largest absolute Gasteiger partial charge is 0.350 e. The topological polar surface area (TPSA) is 87.3 Å². The van der Waals surface area contributed by atoms with Crippen molar-refractivity contribution in [3.63, 3.8) is 0 Å². The van der Waals surface area contributed by atoms with Gasteiger partial charge in [0.05, 0.1) is 6.54 Å². The first kappa shape index (κ1) is 21.0. The van der Waals surface area contributed by atoms with Crippen molar-refractivity contribution in [1.29, 1.82) is 0 Å². The third kappa shape index (κ3) is 6.46. The minimum atomic E-state index is -0.873. The first-order chi connectivity index (χ1) is 13.2. The van der Waals surface area contributed by atoms with Gasteiger partial charge in [0.15, 0.2) is 0 Å². The van der Waals surface area contributed by atoms with E-state index in [1.165, 1.54) is 0 Å². The van der Waals surface area contributed by atoms with Gasteiger partial charge in [-0.15, -0.1) is 0 Å². The SMILES string of the molecule is CC(C)C(=O)Nc1ccc(CNC(=O)CNC(=O)c2cc(F)cc(F)c2)cc1. The van der Waals surface area contributed by atoms with Gasteiger partial charge in [-0.3, -0.25) is 14.4 Å². The van der Waals surface area contributed by atoms with Gasteiger partial charge in [0.25, 0.3) is 5.91 Å². The lowest BCUT2D eigenvalue weighted by molar-refractivity contribution is -0.120. The highest BCUT2D eigenvalue weighted by Crippen LogP contribution is 2.11. The molecule has 0 aliphatic heterocycles. The molecular formula is C20H21F2N3O3. The summed E-state index contributed by atoms with van der Waals surface area (Å²) in [5, 5.41) is 7.68. The number of hydrogen-bond acceptors (Lipinski definition) is 3. The molecule has 0 saturated heterocycles. The number of rotatable bonds is 7. The molecule has 28 heavy (non-hydrogen) atoms. The summed E-state index contributed by atoms with van der Waals surface area (Å²) in [7, 11) is 0. The van der Waals surface area contributed by atoms with Gasteiger partial charge in [0, 0.05) is 29.8 Å². The molecule has 0 saturated carbocycles. The van der Waals surface area contributed by atoms with Crippen molar-refractivity contribution in [2.24, 2.45) is 5.92 Å². The Morgan fingerprint density at radius 1 is 0.929 bits per heavy atom. The number of amides is 3. The number of halogens is 2. The summed E-state index contributed by atoms with van der Waals surface area (Å²) in [6.07, 6.45) is 0. The fourth-order valence-electron chi connectivity index (χ4n) is 2.20. The van der Waals surface area contributed by atoms with Gasteiger partial charge in [-0.25, -0.2) is 8.78 Å². The van der Waals surface area contributed by atoms with Crippen molar-refractivity contribution >= 4 is 23.4 Å². The Labute approximate surface area is 161 Å². The van der Waals surface area contributed by atoms with Crippen LogP contribution in [-0.2, 0) is 16.1 Å².